The summed E-state index contributed by atoms with van der Waals surface area (Å²) in [6, 6.07) is 0.230. The van der Waals surface area contributed by atoms with E-state index >= 15 is 0 Å². The summed E-state index contributed by atoms with van der Waals surface area (Å²) in [7, 11) is 0. The summed E-state index contributed by atoms with van der Waals surface area (Å²) in [5, 5.41) is 2.86. The molecule has 3 N–H and O–H groups in total. The molecule has 0 saturated carbocycles. The van der Waals surface area contributed by atoms with Gasteiger partial charge in [0.2, 0.25) is 5.91 Å². The Bertz CT molecular complexity index is 184. The first-order valence-electron chi connectivity index (χ1n) is 6.19. The van der Waals surface area contributed by atoms with Gasteiger partial charge in [0.25, 0.3) is 0 Å². The molecule has 0 aliphatic heterocycles. The summed E-state index contributed by atoms with van der Waals surface area (Å²) in [6.07, 6.45) is 2.90. The number of rotatable bonds is 9. The topological polar surface area (TPSA) is 64.3 Å². The van der Waals surface area contributed by atoms with E-state index in [-0.39, 0.29) is 17.9 Å². The highest BCUT2D eigenvalue weighted by atomic mass is 16.5. The Morgan fingerprint density at radius 3 is 2.62 bits per heavy atom. The second kappa shape index (κ2) is 9.60. The number of carbonyl (C=O) groups is 1. The van der Waals surface area contributed by atoms with Crippen molar-refractivity contribution >= 4 is 5.91 Å². The Balaban J connectivity index is 3.49. The average molecular weight is 230 g/mol. The molecule has 0 saturated heterocycles. The van der Waals surface area contributed by atoms with Crippen LogP contribution in [0.2, 0.25) is 0 Å². The molecule has 0 bridgehead atoms. The van der Waals surface area contributed by atoms with Crippen LogP contribution in [0.3, 0.4) is 0 Å². The molecule has 0 aromatic heterocycles. The zero-order valence-corrected chi connectivity index (χ0v) is 10.8. The van der Waals surface area contributed by atoms with Gasteiger partial charge in [0.05, 0.1) is 6.61 Å². The van der Waals surface area contributed by atoms with Crippen LogP contribution in [-0.2, 0) is 9.53 Å². The van der Waals surface area contributed by atoms with Gasteiger partial charge in [-0.25, -0.2) is 0 Å². The van der Waals surface area contributed by atoms with Crippen molar-refractivity contribution in [2.75, 3.05) is 19.8 Å². The lowest BCUT2D eigenvalue weighted by Gasteiger charge is -2.12. The smallest absolute Gasteiger partial charge is 0.222 e. The van der Waals surface area contributed by atoms with Gasteiger partial charge in [-0.05, 0) is 26.7 Å². The van der Waals surface area contributed by atoms with Crippen molar-refractivity contribution in [2.45, 2.75) is 46.1 Å². The van der Waals surface area contributed by atoms with Gasteiger partial charge >= 0.3 is 0 Å². The molecule has 0 aromatic carbocycles. The van der Waals surface area contributed by atoms with Crippen LogP contribution in [0.1, 0.15) is 40.0 Å². The second-order valence-corrected chi connectivity index (χ2v) is 4.30. The standard InChI is InChI=1S/C12H26N2O2/c1-4-16-9-8-14-12(15)10(2)6-5-7-11(3)13/h10-11H,4-9,13H2,1-3H3,(H,14,15). The van der Waals surface area contributed by atoms with Crippen LogP contribution < -0.4 is 11.1 Å². The quantitative estimate of drug-likeness (QED) is 0.587. The molecule has 2 unspecified atom stereocenters. The van der Waals surface area contributed by atoms with E-state index in [0.717, 1.165) is 19.3 Å². The summed E-state index contributed by atoms with van der Waals surface area (Å²) in [5.41, 5.74) is 5.65. The lowest BCUT2D eigenvalue weighted by molar-refractivity contribution is -0.124. The third-order valence-electron chi connectivity index (χ3n) is 2.49. The van der Waals surface area contributed by atoms with E-state index < -0.39 is 0 Å². The van der Waals surface area contributed by atoms with Crippen molar-refractivity contribution in [3.8, 4) is 0 Å². The minimum absolute atomic E-state index is 0.0698. The summed E-state index contributed by atoms with van der Waals surface area (Å²) >= 11 is 0. The van der Waals surface area contributed by atoms with E-state index in [1.807, 2.05) is 20.8 Å². The van der Waals surface area contributed by atoms with E-state index in [2.05, 4.69) is 5.32 Å². The van der Waals surface area contributed by atoms with E-state index in [4.69, 9.17) is 10.5 Å². The molecule has 0 spiro atoms. The monoisotopic (exact) mass is 230 g/mol. The fraction of sp³-hybridized carbons (Fsp3) is 0.917. The van der Waals surface area contributed by atoms with Crippen LogP contribution in [0.4, 0.5) is 0 Å². The Hall–Kier alpha value is -0.610. The first-order valence-corrected chi connectivity index (χ1v) is 6.19. The molecule has 0 rings (SSSR count). The van der Waals surface area contributed by atoms with Crippen molar-refractivity contribution in [3.63, 3.8) is 0 Å². The minimum Gasteiger partial charge on any atom is -0.380 e. The Kier molecular flexibility index (Phi) is 9.24. The molecule has 0 heterocycles. The number of nitrogens with one attached hydrogen (secondary N) is 1. The zero-order valence-electron chi connectivity index (χ0n) is 10.8. The van der Waals surface area contributed by atoms with Crippen LogP contribution in [0.5, 0.6) is 0 Å². The maximum atomic E-state index is 11.6. The number of hydrogen-bond donors (Lipinski definition) is 2. The van der Waals surface area contributed by atoms with Crippen LogP contribution in [-0.4, -0.2) is 31.7 Å². The number of nitrogens with two attached hydrogens (primary N) is 1. The van der Waals surface area contributed by atoms with Crippen molar-refractivity contribution < 1.29 is 9.53 Å². The van der Waals surface area contributed by atoms with E-state index in [9.17, 15) is 4.79 Å². The summed E-state index contributed by atoms with van der Waals surface area (Å²) in [5.74, 6) is 0.185. The molecule has 0 aromatic rings. The maximum absolute atomic E-state index is 11.6. The summed E-state index contributed by atoms with van der Waals surface area (Å²) in [6.45, 7) is 7.78. The summed E-state index contributed by atoms with van der Waals surface area (Å²) < 4.78 is 5.14. The first kappa shape index (κ1) is 15.4. The van der Waals surface area contributed by atoms with Gasteiger partial charge in [0.1, 0.15) is 0 Å². The van der Waals surface area contributed by atoms with Crippen molar-refractivity contribution in [1.29, 1.82) is 0 Å². The minimum atomic E-state index is 0.0698. The van der Waals surface area contributed by atoms with Crippen LogP contribution in [0, 0.1) is 5.92 Å². The molecule has 0 fully saturated rings. The second-order valence-electron chi connectivity index (χ2n) is 4.30. The molecule has 2 atom stereocenters. The van der Waals surface area contributed by atoms with Gasteiger partial charge in [0.15, 0.2) is 0 Å². The Morgan fingerprint density at radius 2 is 2.06 bits per heavy atom. The van der Waals surface area contributed by atoms with Gasteiger partial charge < -0.3 is 15.8 Å². The molecule has 0 aliphatic rings. The molecular weight excluding hydrogens is 204 g/mol. The number of amides is 1. The molecule has 1 amide bonds. The number of hydrogen-bond acceptors (Lipinski definition) is 3. The van der Waals surface area contributed by atoms with Gasteiger partial charge in [-0.3, -0.25) is 4.79 Å². The molecule has 16 heavy (non-hydrogen) atoms. The third-order valence-corrected chi connectivity index (χ3v) is 2.49. The highest BCUT2D eigenvalue weighted by Gasteiger charge is 2.11. The van der Waals surface area contributed by atoms with Crippen molar-refractivity contribution in [1.82, 2.24) is 5.32 Å². The van der Waals surface area contributed by atoms with Gasteiger partial charge in [-0.2, -0.15) is 0 Å². The lowest BCUT2D eigenvalue weighted by Crippen LogP contribution is -2.32. The Morgan fingerprint density at radius 1 is 1.38 bits per heavy atom. The zero-order chi connectivity index (χ0) is 12.4. The van der Waals surface area contributed by atoms with Crippen molar-refractivity contribution in [3.05, 3.63) is 0 Å². The molecule has 96 valence electrons. The SMILES string of the molecule is CCOCCNC(=O)C(C)CCCC(C)N. The highest BCUT2D eigenvalue weighted by molar-refractivity contribution is 5.78. The molecule has 0 radical (unpaired) electrons. The number of ether oxygens (including phenoxy) is 1. The molecule has 4 nitrogen and oxygen atoms in total. The first-order chi connectivity index (χ1) is 7.57. The Labute approximate surface area is 98.9 Å². The van der Waals surface area contributed by atoms with Gasteiger partial charge in [-0.1, -0.05) is 13.3 Å². The molecular formula is C12H26N2O2. The van der Waals surface area contributed by atoms with E-state index in [1.165, 1.54) is 0 Å². The predicted molar refractivity (Wildman–Crippen MR) is 66.2 cm³/mol. The maximum Gasteiger partial charge on any atom is 0.222 e. The normalized spacial score (nSPS) is 14.5. The fourth-order valence-corrected chi connectivity index (χ4v) is 1.44. The fourth-order valence-electron chi connectivity index (χ4n) is 1.44. The van der Waals surface area contributed by atoms with Gasteiger partial charge in [-0.15, -0.1) is 0 Å². The number of carbonyl (C=O) groups excluding carboxylic acids is 1. The van der Waals surface area contributed by atoms with E-state index in [0.29, 0.717) is 19.8 Å². The van der Waals surface area contributed by atoms with Crippen LogP contribution in [0.15, 0.2) is 0 Å². The van der Waals surface area contributed by atoms with Crippen LogP contribution >= 0.6 is 0 Å². The lowest BCUT2D eigenvalue weighted by atomic mass is 10.0. The highest BCUT2D eigenvalue weighted by Crippen LogP contribution is 2.08. The third kappa shape index (κ3) is 8.68. The van der Waals surface area contributed by atoms with E-state index in [1.54, 1.807) is 0 Å². The van der Waals surface area contributed by atoms with Gasteiger partial charge in [0, 0.05) is 25.1 Å². The largest absolute Gasteiger partial charge is 0.380 e. The average Bonchev–Trinajstić information content (AvgIpc) is 2.23. The van der Waals surface area contributed by atoms with Crippen molar-refractivity contribution in [2.24, 2.45) is 11.7 Å². The summed E-state index contributed by atoms with van der Waals surface area (Å²) in [4.78, 5) is 11.6. The molecule has 0 aliphatic carbocycles. The molecule has 4 heteroatoms. The predicted octanol–water partition coefficient (Wildman–Crippen LogP) is 1.29. The van der Waals surface area contributed by atoms with Crippen LogP contribution in [0.25, 0.3) is 0 Å².